The van der Waals surface area contributed by atoms with Gasteiger partial charge in [-0.15, -0.1) is 0 Å². The predicted molar refractivity (Wildman–Crippen MR) is 106 cm³/mol. The van der Waals surface area contributed by atoms with Crippen molar-refractivity contribution >= 4 is 40.6 Å². The van der Waals surface area contributed by atoms with Crippen molar-refractivity contribution in [3.63, 3.8) is 0 Å². The molecule has 0 unspecified atom stereocenters. The SMILES string of the molecule is CC(=O)c1ccc(NC(=O)c2cc(C)nc(Nc3ccc(Cl)cc3)n2)cc1. The van der Waals surface area contributed by atoms with Crippen molar-refractivity contribution in [2.45, 2.75) is 13.8 Å². The van der Waals surface area contributed by atoms with Crippen LogP contribution in [0.5, 0.6) is 0 Å². The van der Waals surface area contributed by atoms with Crippen LogP contribution in [0.4, 0.5) is 17.3 Å². The fourth-order valence-electron chi connectivity index (χ4n) is 2.39. The molecule has 0 spiro atoms. The summed E-state index contributed by atoms with van der Waals surface area (Å²) in [7, 11) is 0. The van der Waals surface area contributed by atoms with E-state index in [9.17, 15) is 9.59 Å². The van der Waals surface area contributed by atoms with Crippen molar-refractivity contribution in [1.82, 2.24) is 9.97 Å². The molecule has 2 aromatic carbocycles. The average Bonchev–Trinajstić information content (AvgIpc) is 2.63. The Morgan fingerprint density at radius 1 is 0.926 bits per heavy atom. The fraction of sp³-hybridized carbons (Fsp3) is 0.100. The minimum Gasteiger partial charge on any atom is -0.324 e. The molecule has 1 aromatic heterocycles. The first-order chi connectivity index (χ1) is 12.9. The number of aryl methyl sites for hydroxylation is 1. The highest BCUT2D eigenvalue weighted by Crippen LogP contribution is 2.18. The van der Waals surface area contributed by atoms with Gasteiger partial charge in [-0.25, -0.2) is 9.97 Å². The third kappa shape index (κ3) is 4.89. The molecule has 136 valence electrons. The summed E-state index contributed by atoms with van der Waals surface area (Å²) in [5.74, 6) is -0.0816. The molecule has 7 heteroatoms. The summed E-state index contributed by atoms with van der Waals surface area (Å²) in [6.07, 6.45) is 0. The van der Waals surface area contributed by atoms with E-state index in [4.69, 9.17) is 11.6 Å². The van der Waals surface area contributed by atoms with E-state index in [1.165, 1.54) is 6.92 Å². The van der Waals surface area contributed by atoms with Crippen LogP contribution in [0.1, 0.15) is 33.5 Å². The summed E-state index contributed by atoms with van der Waals surface area (Å²) in [4.78, 5) is 32.4. The molecule has 0 bridgehead atoms. The lowest BCUT2D eigenvalue weighted by molar-refractivity contribution is 0.101. The monoisotopic (exact) mass is 380 g/mol. The maximum Gasteiger partial charge on any atom is 0.274 e. The van der Waals surface area contributed by atoms with Gasteiger partial charge in [0.1, 0.15) is 5.69 Å². The molecule has 2 N–H and O–H groups in total. The minimum atomic E-state index is -0.366. The number of benzene rings is 2. The number of anilines is 3. The number of amides is 1. The van der Waals surface area contributed by atoms with E-state index in [1.807, 2.05) is 0 Å². The highest BCUT2D eigenvalue weighted by molar-refractivity contribution is 6.30. The van der Waals surface area contributed by atoms with Crippen LogP contribution in [0, 0.1) is 6.92 Å². The van der Waals surface area contributed by atoms with Crippen LogP contribution < -0.4 is 10.6 Å². The topological polar surface area (TPSA) is 84.0 Å². The second kappa shape index (κ2) is 7.97. The van der Waals surface area contributed by atoms with E-state index in [0.29, 0.717) is 27.9 Å². The largest absolute Gasteiger partial charge is 0.324 e. The van der Waals surface area contributed by atoms with Crippen LogP contribution in [0.15, 0.2) is 54.6 Å². The van der Waals surface area contributed by atoms with E-state index < -0.39 is 0 Å². The van der Waals surface area contributed by atoms with Crippen LogP contribution in [-0.4, -0.2) is 21.7 Å². The Bertz CT molecular complexity index is 986. The van der Waals surface area contributed by atoms with Gasteiger partial charge in [0.15, 0.2) is 5.78 Å². The summed E-state index contributed by atoms with van der Waals surface area (Å²) in [6.45, 7) is 3.28. The lowest BCUT2D eigenvalue weighted by Gasteiger charge is -2.09. The highest BCUT2D eigenvalue weighted by Gasteiger charge is 2.12. The number of rotatable bonds is 5. The van der Waals surface area contributed by atoms with Gasteiger partial charge in [-0.1, -0.05) is 11.6 Å². The summed E-state index contributed by atoms with van der Waals surface area (Å²) in [6, 6.07) is 15.4. The number of halogens is 1. The van der Waals surface area contributed by atoms with Crippen molar-refractivity contribution in [3.8, 4) is 0 Å². The van der Waals surface area contributed by atoms with Crippen molar-refractivity contribution in [3.05, 3.63) is 76.6 Å². The van der Waals surface area contributed by atoms with E-state index in [-0.39, 0.29) is 17.4 Å². The van der Waals surface area contributed by atoms with Crippen LogP contribution in [0.2, 0.25) is 5.02 Å². The van der Waals surface area contributed by atoms with Crippen LogP contribution in [-0.2, 0) is 0 Å². The molecule has 3 rings (SSSR count). The van der Waals surface area contributed by atoms with Gasteiger partial charge < -0.3 is 10.6 Å². The third-order valence-corrected chi connectivity index (χ3v) is 3.99. The molecule has 0 saturated carbocycles. The second-order valence-corrected chi connectivity index (χ2v) is 6.37. The van der Waals surface area contributed by atoms with Crippen LogP contribution in [0.25, 0.3) is 0 Å². The smallest absolute Gasteiger partial charge is 0.274 e. The molecule has 1 heterocycles. The third-order valence-electron chi connectivity index (χ3n) is 3.74. The Hall–Kier alpha value is -3.25. The highest BCUT2D eigenvalue weighted by atomic mass is 35.5. The molecule has 0 fully saturated rings. The maximum absolute atomic E-state index is 12.5. The van der Waals surface area contributed by atoms with Gasteiger partial charge in [-0.05, 0) is 68.4 Å². The number of carbonyl (C=O) groups excluding carboxylic acids is 2. The molecule has 0 saturated heterocycles. The summed E-state index contributed by atoms with van der Waals surface area (Å²) in [5.41, 5.74) is 2.80. The van der Waals surface area contributed by atoms with Gasteiger partial charge in [0.25, 0.3) is 5.91 Å². The van der Waals surface area contributed by atoms with Crippen molar-refractivity contribution in [1.29, 1.82) is 0 Å². The lowest BCUT2D eigenvalue weighted by atomic mass is 10.1. The molecule has 0 radical (unpaired) electrons. The molecule has 0 aliphatic rings. The van der Waals surface area contributed by atoms with Gasteiger partial charge in [0.05, 0.1) is 0 Å². The Morgan fingerprint density at radius 2 is 1.56 bits per heavy atom. The van der Waals surface area contributed by atoms with Crippen molar-refractivity contribution in [2.75, 3.05) is 10.6 Å². The molecule has 0 atom stereocenters. The maximum atomic E-state index is 12.5. The molecular formula is C20H17ClN4O2. The van der Waals surface area contributed by atoms with E-state index >= 15 is 0 Å². The number of hydrogen-bond donors (Lipinski definition) is 2. The zero-order valence-corrected chi connectivity index (χ0v) is 15.5. The summed E-state index contributed by atoms with van der Waals surface area (Å²) < 4.78 is 0. The number of Topliss-reactive ketones (excluding diaryl/α,β-unsaturated/α-hetero) is 1. The molecule has 0 aliphatic carbocycles. The second-order valence-electron chi connectivity index (χ2n) is 5.94. The quantitative estimate of drug-likeness (QED) is 0.630. The molecule has 27 heavy (non-hydrogen) atoms. The first-order valence-corrected chi connectivity index (χ1v) is 8.59. The van der Waals surface area contributed by atoms with E-state index in [1.54, 1.807) is 61.5 Å². The molecule has 1 amide bonds. The van der Waals surface area contributed by atoms with Crippen LogP contribution >= 0.6 is 11.6 Å². The molecule has 0 aliphatic heterocycles. The predicted octanol–water partition coefficient (Wildman–Crippen LogP) is 4.64. The Balaban J connectivity index is 1.77. The lowest BCUT2D eigenvalue weighted by Crippen LogP contribution is -2.15. The van der Waals surface area contributed by atoms with Gasteiger partial charge in [-0.3, -0.25) is 9.59 Å². The van der Waals surface area contributed by atoms with Crippen molar-refractivity contribution in [2.24, 2.45) is 0 Å². The molecule has 3 aromatic rings. The minimum absolute atomic E-state index is 0.0304. The standard InChI is InChI=1S/C20H17ClN4O2/c1-12-11-18(19(27)23-16-7-3-14(4-8-16)13(2)26)25-20(22-12)24-17-9-5-15(21)6-10-17/h3-11H,1-2H3,(H,23,27)(H,22,24,25). The zero-order chi connectivity index (χ0) is 19.4. The number of nitrogens with one attached hydrogen (secondary N) is 2. The average molecular weight is 381 g/mol. The Morgan fingerprint density at radius 3 is 2.19 bits per heavy atom. The number of nitrogens with zero attached hydrogens (tertiary/aromatic N) is 2. The fourth-order valence-corrected chi connectivity index (χ4v) is 2.51. The number of hydrogen-bond acceptors (Lipinski definition) is 5. The Labute approximate surface area is 161 Å². The van der Waals surface area contributed by atoms with Gasteiger partial charge in [0, 0.05) is 27.7 Å². The van der Waals surface area contributed by atoms with Gasteiger partial charge in [-0.2, -0.15) is 0 Å². The van der Waals surface area contributed by atoms with Gasteiger partial charge >= 0.3 is 0 Å². The zero-order valence-electron chi connectivity index (χ0n) is 14.8. The normalized spacial score (nSPS) is 10.3. The first kappa shape index (κ1) is 18.5. The number of aromatic nitrogens is 2. The summed E-state index contributed by atoms with van der Waals surface area (Å²) in [5, 5.41) is 6.44. The van der Waals surface area contributed by atoms with Crippen LogP contribution in [0.3, 0.4) is 0 Å². The van der Waals surface area contributed by atoms with Crippen molar-refractivity contribution < 1.29 is 9.59 Å². The number of carbonyl (C=O) groups is 2. The number of ketones is 1. The summed E-state index contributed by atoms with van der Waals surface area (Å²) >= 11 is 5.88. The first-order valence-electron chi connectivity index (χ1n) is 8.21. The van der Waals surface area contributed by atoms with E-state index in [2.05, 4.69) is 20.6 Å². The Kier molecular flexibility index (Phi) is 5.47. The van der Waals surface area contributed by atoms with E-state index in [0.717, 1.165) is 5.69 Å². The molecule has 6 nitrogen and oxygen atoms in total. The molecular weight excluding hydrogens is 364 g/mol. The van der Waals surface area contributed by atoms with Gasteiger partial charge in [0.2, 0.25) is 5.95 Å².